The molecule has 3 N–H and O–H groups in total. The maximum atomic E-state index is 14.8. The van der Waals surface area contributed by atoms with Crippen molar-refractivity contribution in [3.05, 3.63) is 47.8 Å². The molecular formula is C26H32FN5O2. The number of carbonyl (C=O) groups is 2. The zero-order valence-corrected chi connectivity index (χ0v) is 20.0. The lowest BCUT2D eigenvalue weighted by Gasteiger charge is -2.35. The number of nitrogens with zero attached hydrogens (tertiary/aromatic N) is 3. The number of aryl methyl sites for hydroxylation is 1. The number of benzene rings is 1. The molecule has 0 atom stereocenters. The van der Waals surface area contributed by atoms with Crippen LogP contribution in [0.3, 0.4) is 0 Å². The van der Waals surface area contributed by atoms with Crippen LogP contribution in [0.1, 0.15) is 74.5 Å². The Labute approximate surface area is 199 Å². The van der Waals surface area contributed by atoms with Gasteiger partial charge < -0.3 is 15.6 Å². The van der Waals surface area contributed by atoms with Crippen LogP contribution in [-0.2, 0) is 4.79 Å². The molecule has 3 aromatic rings. The highest BCUT2D eigenvalue weighted by Crippen LogP contribution is 2.31. The molecule has 1 aliphatic carbocycles. The second-order valence-electron chi connectivity index (χ2n) is 9.56. The highest BCUT2D eigenvalue weighted by molar-refractivity contribution is 5.96. The second kappa shape index (κ2) is 9.62. The topological polar surface area (TPSA) is 103 Å². The van der Waals surface area contributed by atoms with Gasteiger partial charge >= 0.3 is 0 Å². The fraction of sp³-hybridized carbons (Fsp3) is 0.462. The number of nitrogens with one attached hydrogen (secondary N) is 1. The Morgan fingerprint density at radius 3 is 2.59 bits per heavy atom. The lowest BCUT2D eigenvalue weighted by molar-refractivity contribution is -0.125. The average molecular weight is 466 g/mol. The number of nitrogens with two attached hydrogens (primary N) is 1. The van der Waals surface area contributed by atoms with Crippen LogP contribution in [0.5, 0.6) is 0 Å². The number of Topliss-reactive ketones (excluding diaryl/α,β-unsaturated/α-hetero) is 1. The van der Waals surface area contributed by atoms with Crippen LogP contribution in [0.4, 0.5) is 4.39 Å². The molecule has 0 radical (unpaired) electrons. The van der Waals surface area contributed by atoms with Crippen LogP contribution < -0.4 is 11.1 Å². The van der Waals surface area contributed by atoms with E-state index in [1.807, 2.05) is 31.4 Å². The summed E-state index contributed by atoms with van der Waals surface area (Å²) in [5.74, 6) is -0.893. The molecule has 0 unspecified atom stereocenters. The van der Waals surface area contributed by atoms with Gasteiger partial charge in [-0.15, -0.1) is 0 Å². The Morgan fingerprint density at radius 1 is 1.18 bits per heavy atom. The lowest BCUT2D eigenvalue weighted by Crippen LogP contribution is -2.56. The van der Waals surface area contributed by atoms with Gasteiger partial charge in [0.2, 0.25) is 5.91 Å². The monoisotopic (exact) mass is 465 g/mol. The zero-order chi connectivity index (χ0) is 24.5. The minimum atomic E-state index is -0.725. The third-order valence-electron chi connectivity index (χ3n) is 6.88. The van der Waals surface area contributed by atoms with Gasteiger partial charge in [0.05, 0.1) is 17.4 Å². The summed E-state index contributed by atoms with van der Waals surface area (Å²) in [5, 5.41) is 3.25. The Bertz CT molecular complexity index is 1230. The summed E-state index contributed by atoms with van der Waals surface area (Å²) in [6.07, 6.45) is 7.87. The number of aromatic nitrogens is 3. The van der Waals surface area contributed by atoms with Gasteiger partial charge in [-0.25, -0.2) is 9.37 Å². The number of amides is 1. The molecule has 2 heterocycles. The smallest absolute Gasteiger partial charge is 0.237 e. The molecule has 180 valence electrons. The summed E-state index contributed by atoms with van der Waals surface area (Å²) in [7, 11) is 0. The van der Waals surface area contributed by atoms with Crippen LogP contribution in [0.2, 0.25) is 0 Å². The number of primary amides is 1. The number of carbonyl (C=O) groups excluding carboxylic acids is 2. The molecule has 0 spiro atoms. The number of fused-ring (bicyclic) bond motifs is 1. The minimum absolute atomic E-state index is 0.135. The average Bonchev–Trinajstić information content (AvgIpc) is 3.25. The van der Waals surface area contributed by atoms with E-state index in [-0.39, 0.29) is 24.2 Å². The van der Waals surface area contributed by atoms with Crippen molar-refractivity contribution in [2.75, 3.05) is 6.54 Å². The highest BCUT2D eigenvalue weighted by atomic mass is 19.1. The summed E-state index contributed by atoms with van der Waals surface area (Å²) in [6.45, 7) is 6.27. The zero-order valence-electron chi connectivity index (χ0n) is 20.0. The van der Waals surface area contributed by atoms with E-state index in [2.05, 4.69) is 15.3 Å². The molecular weight excluding hydrogens is 433 g/mol. The predicted octanol–water partition coefficient (Wildman–Crippen LogP) is 4.48. The Morgan fingerprint density at radius 2 is 1.91 bits per heavy atom. The van der Waals surface area contributed by atoms with E-state index in [4.69, 9.17) is 5.73 Å². The third-order valence-corrected chi connectivity index (χ3v) is 6.88. The molecule has 1 aromatic carbocycles. The molecule has 4 rings (SSSR count). The van der Waals surface area contributed by atoms with E-state index in [9.17, 15) is 14.0 Å². The van der Waals surface area contributed by atoms with Gasteiger partial charge in [0.25, 0.3) is 0 Å². The Balaban J connectivity index is 1.56. The van der Waals surface area contributed by atoms with Crippen molar-refractivity contribution in [1.29, 1.82) is 0 Å². The van der Waals surface area contributed by atoms with E-state index in [1.165, 1.54) is 6.07 Å². The third kappa shape index (κ3) is 4.59. The molecule has 1 saturated carbocycles. The number of ketones is 1. The van der Waals surface area contributed by atoms with Gasteiger partial charge in [-0.2, -0.15) is 0 Å². The molecule has 8 heteroatoms. The van der Waals surface area contributed by atoms with Crippen LogP contribution in [0.25, 0.3) is 22.2 Å². The molecule has 0 aliphatic heterocycles. The van der Waals surface area contributed by atoms with Gasteiger partial charge in [-0.05, 0) is 68.5 Å². The number of pyridine rings is 1. The maximum Gasteiger partial charge on any atom is 0.237 e. The van der Waals surface area contributed by atoms with Gasteiger partial charge in [-0.3, -0.25) is 14.6 Å². The first-order chi connectivity index (χ1) is 16.2. The van der Waals surface area contributed by atoms with Gasteiger partial charge in [0.15, 0.2) is 11.6 Å². The number of halogens is 1. The van der Waals surface area contributed by atoms with Crippen molar-refractivity contribution in [3.63, 3.8) is 0 Å². The number of hydrogen-bond acceptors (Lipinski definition) is 5. The largest absolute Gasteiger partial charge is 0.368 e. The molecule has 1 fully saturated rings. The summed E-state index contributed by atoms with van der Waals surface area (Å²) in [5.41, 5.74) is 8.58. The minimum Gasteiger partial charge on any atom is -0.368 e. The van der Waals surface area contributed by atoms with Crippen LogP contribution >= 0.6 is 0 Å². The van der Waals surface area contributed by atoms with Crippen molar-refractivity contribution in [3.8, 4) is 11.1 Å². The quantitative estimate of drug-likeness (QED) is 0.478. The summed E-state index contributed by atoms with van der Waals surface area (Å²) in [4.78, 5) is 33.5. The molecule has 7 nitrogen and oxygen atoms in total. The predicted molar refractivity (Wildman–Crippen MR) is 130 cm³/mol. The molecule has 2 aromatic heterocycles. The fourth-order valence-corrected chi connectivity index (χ4v) is 4.85. The molecule has 1 aliphatic rings. The first-order valence-corrected chi connectivity index (χ1v) is 11.9. The standard InChI is InChI=1S/C26H32FN5O2/c1-16(2)32-15-30-24-20(27)11-18(12-22(24)32)19-13-21(29-14-17(19)3)23(33)7-10-31-26(25(28)34)8-5-4-6-9-26/h11-16,31H,4-10H2,1-3H3,(H2,28,34). The van der Waals surface area contributed by atoms with E-state index in [1.54, 1.807) is 18.6 Å². The first-order valence-electron chi connectivity index (χ1n) is 11.9. The normalized spacial score (nSPS) is 15.7. The van der Waals surface area contributed by atoms with Crippen LogP contribution in [0.15, 0.2) is 30.7 Å². The first kappa shape index (κ1) is 24.0. The Kier molecular flexibility index (Phi) is 6.79. The molecule has 0 bridgehead atoms. The molecule has 1 amide bonds. The fourth-order valence-electron chi connectivity index (χ4n) is 4.85. The van der Waals surface area contributed by atoms with Gasteiger partial charge in [0, 0.05) is 25.2 Å². The van der Waals surface area contributed by atoms with Crippen LogP contribution in [0, 0.1) is 12.7 Å². The number of hydrogen-bond donors (Lipinski definition) is 2. The summed E-state index contributed by atoms with van der Waals surface area (Å²) >= 11 is 0. The van der Waals surface area contributed by atoms with Crippen molar-refractivity contribution < 1.29 is 14.0 Å². The highest BCUT2D eigenvalue weighted by Gasteiger charge is 2.37. The Hall–Kier alpha value is -3.13. The number of rotatable bonds is 8. The van der Waals surface area contributed by atoms with Crippen molar-refractivity contribution in [1.82, 2.24) is 19.9 Å². The van der Waals surface area contributed by atoms with Crippen molar-refractivity contribution >= 4 is 22.7 Å². The van der Waals surface area contributed by atoms with E-state index < -0.39 is 11.4 Å². The summed E-state index contributed by atoms with van der Waals surface area (Å²) in [6, 6.07) is 5.22. The second-order valence-corrected chi connectivity index (χ2v) is 9.56. The van der Waals surface area contributed by atoms with Crippen LogP contribution in [-0.4, -0.2) is 38.3 Å². The van der Waals surface area contributed by atoms with E-state index in [0.717, 1.165) is 30.4 Å². The number of imidazole rings is 1. The maximum absolute atomic E-state index is 14.8. The summed E-state index contributed by atoms with van der Waals surface area (Å²) < 4.78 is 16.8. The van der Waals surface area contributed by atoms with E-state index in [0.29, 0.717) is 41.7 Å². The van der Waals surface area contributed by atoms with Crippen molar-refractivity contribution in [2.24, 2.45) is 5.73 Å². The molecule has 0 saturated heterocycles. The van der Waals surface area contributed by atoms with Crippen molar-refractivity contribution in [2.45, 2.75) is 70.9 Å². The lowest BCUT2D eigenvalue weighted by atomic mass is 9.81. The van der Waals surface area contributed by atoms with E-state index >= 15 is 0 Å². The molecule has 34 heavy (non-hydrogen) atoms. The van der Waals surface area contributed by atoms with Gasteiger partial charge in [0.1, 0.15) is 11.2 Å². The SMILES string of the molecule is Cc1cnc(C(=O)CCNC2(C(N)=O)CCCCC2)cc1-c1cc(F)c2ncn(C(C)C)c2c1. The van der Waals surface area contributed by atoms with Gasteiger partial charge in [-0.1, -0.05) is 19.3 Å².